The van der Waals surface area contributed by atoms with Gasteiger partial charge in [-0.05, 0) is 12.5 Å². The van der Waals surface area contributed by atoms with E-state index in [1.54, 1.807) is 0 Å². The number of nitrogens with zero attached hydrogens (tertiary/aromatic N) is 2. The Bertz CT molecular complexity index is 781. The van der Waals surface area contributed by atoms with Gasteiger partial charge >= 0.3 is 12.1 Å². The van der Waals surface area contributed by atoms with Gasteiger partial charge < -0.3 is 19.9 Å². The zero-order valence-electron chi connectivity index (χ0n) is 13.5. The van der Waals surface area contributed by atoms with E-state index >= 15 is 0 Å². The number of anilines is 1. The number of rotatable bonds is 7. The van der Waals surface area contributed by atoms with Crippen molar-refractivity contribution in [1.82, 2.24) is 9.97 Å². The molecule has 1 aromatic carbocycles. The number of halogens is 3. The molecule has 2 rings (SSSR count). The van der Waals surface area contributed by atoms with E-state index in [1.807, 2.05) is 0 Å². The predicted molar refractivity (Wildman–Crippen MR) is 83.0 cm³/mol. The summed E-state index contributed by atoms with van der Waals surface area (Å²) in [4.78, 5) is 17.6. The first-order valence-electron chi connectivity index (χ1n) is 7.23. The quantitative estimate of drug-likeness (QED) is 0.734. The molecule has 0 aliphatic rings. The predicted octanol–water partition coefficient (Wildman–Crippen LogP) is 2.94. The number of aromatic nitrogens is 2. The van der Waals surface area contributed by atoms with Gasteiger partial charge in [0.1, 0.15) is 5.82 Å². The number of carboxylic acids is 1. The van der Waals surface area contributed by atoms with Crippen LogP contribution in [0.5, 0.6) is 11.5 Å². The molecule has 0 amide bonds. The Balaban J connectivity index is 2.49. The molecular formula is C15H16F3N3O4. The van der Waals surface area contributed by atoms with Gasteiger partial charge in [-0.25, -0.2) is 9.97 Å². The van der Waals surface area contributed by atoms with Crippen LogP contribution in [0.2, 0.25) is 0 Å². The molecule has 10 heteroatoms. The van der Waals surface area contributed by atoms with Gasteiger partial charge in [0.2, 0.25) is 5.82 Å². The van der Waals surface area contributed by atoms with Gasteiger partial charge in [0.15, 0.2) is 11.5 Å². The number of hydrogen-bond acceptors (Lipinski definition) is 6. The van der Waals surface area contributed by atoms with Crippen LogP contribution in [0.1, 0.15) is 18.7 Å². The van der Waals surface area contributed by atoms with E-state index in [9.17, 15) is 18.0 Å². The van der Waals surface area contributed by atoms with Crippen LogP contribution < -0.4 is 14.8 Å². The summed E-state index contributed by atoms with van der Waals surface area (Å²) in [6, 6.07) is 2.79. The number of nitrogens with one attached hydrogen (secondary N) is 1. The Morgan fingerprint density at radius 3 is 2.40 bits per heavy atom. The van der Waals surface area contributed by atoms with Gasteiger partial charge in [-0.3, -0.25) is 4.79 Å². The molecule has 0 bridgehead atoms. The molecule has 25 heavy (non-hydrogen) atoms. The van der Waals surface area contributed by atoms with Crippen LogP contribution in [-0.2, 0) is 11.0 Å². The van der Waals surface area contributed by atoms with Crippen LogP contribution in [0.25, 0.3) is 10.9 Å². The monoisotopic (exact) mass is 359 g/mol. The minimum atomic E-state index is -4.72. The highest BCUT2D eigenvalue weighted by molar-refractivity contribution is 5.91. The van der Waals surface area contributed by atoms with Crippen molar-refractivity contribution in [3.63, 3.8) is 0 Å². The number of benzene rings is 1. The standard InChI is InChI=1S/C15H16F3N3O4/c1-24-10-6-8-9(7-11(10)25-2)20-14(15(16,17)18)21-13(8)19-5-3-4-12(22)23/h6-7H,3-5H2,1-2H3,(H,22,23)(H,19,20,21). The van der Waals surface area contributed by atoms with Crippen molar-refractivity contribution >= 4 is 22.7 Å². The van der Waals surface area contributed by atoms with E-state index in [-0.39, 0.29) is 36.5 Å². The summed E-state index contributed by atoms with van der Waals surface area (Å²) in [6.07, 6.45) is -4.60. The van der Waals surface area contributed by atoms with Crippen molar-refractivity contribution in [2.75, 3.05) is 26.1 Å². The normalized spacial score (nSPS) is 11.4. The number of ether oxygens (including phenoxy) is 2. The highest BCUT2D eigenvalue weighted by Crippen LogP contribution is 2.36. The SMILES string of the molecule is COc1cc2nc(C(F)(F)F)nc(NCCCC(=O)O)c2cc1OC. The highest BCUT2D eigenvalue weighted by atomic mass is 19.4. The van der Waals surface area contributed by atoms with E-state index < -0.39 is 18.0 Å². The topological polar surface area (TPSA) is 93.6 Å². The third-order valence-corrected chi connectivity index (χ3v) is 3.31. The number of hydrogen-bond donors (Lipinski definition) is 2. The van der Waals surface area contributed by atoms with E-state index in [0.717, 1.165) is 0 Å². The maximum atomic E-state index is 13.0. The smallest absolute Gasteiger partial charge is 0.451 e. The third kappa shape index (κ3) is 4.40. The lowest BCUT2D eigenvalue weighted by atomic mass is 10.2. The molecule has 0 aliphatic carbocycles. The van der Waals surface area contributed by atoms with Crippen molar-refractivity contribution in [2.24, 2.45) is 0 Å². The Hall–Kier alpha value is -2.78. The van der Waals surface area contributed by atoms with E-state index in [4.69, 9.17) is 14.6 Å². The zero-order valence-corrected chi connectivity index (χ0v) is 13.5. The summed E-state index contributed by atoms with van der Waals surface area (Å²) in [5.41, 5.74) is 0.0284. The van der Waals surface area contributed by atoms with Gasteiger partial charge in [0, 0.05) is 24.4 Å². The van der Waals surface area contributed by atoms with Crippen molar-refractivity contribution in [3.05, 3.63) is 18.0 Å². The fraction of sp³-hybridized carbons (Fsp3) is 0.400. The lowest BCUT2D eigenvalue weighted by molar-refractivity contribution is -0.144. The maximum Gasteiger partial charge on any atom is 0.451 e. The number of aliphatic carboxylic acids is 1. The third-order valence-electron chi connectivity index (χ3n) is 3.31. The van der Waals surface area contributed by atoms with Gasteiger partial charge in [-0.1, -0.05) is 0 Å². The molecule has 2 N–H and O–H groups in total. The Labute approximate surface area is 140 Å². The summed E-state index contributed by atoms with van der Waals surface area (Å²) in [7, 11) is 2.76. The Morgan fingerprint density at radius 1 is 1.20 bits per heavy atom. The number of methoxy groups -OCH3 is 2. The Kier molecular flexibility index (Phi) is 5.50. The van der Waals surface area contributed by atoms with Crippen LogP contribution in [0.3, 0.4) is 0 Å². The summed E-state index contributed by atoms with van der Waals surface area (Å²) >= 11 is 0. The highest BCUT2D eigenvalue weighted by Gasteiger charge is 2.35. The first kappa shape index (κ1) is 18.6. The molecule has 0 aliphatic heterocycles. The van der Waals surface area contributed by atoms with Crippen LogP contribution in [0.15, 0.2) is 12.1 Å². The molecule has 0 saturated heterocycles. The fourth-order valence-corrected chi connectivity index (χ4v) is 2.16. The van der Waals surface area contributed by atoms with Crippen LogP contribution in [0.4, 0.5) is 19.0 Å². The van der Waals surface area contributed by atoms with Crippen LogP contribution in [0, 0.1) is 0 Å². The summed E-state index contributed by atoms with van der Waals surface area (Å²) < 4.78 is 49.3. The summed E-state index contributed by atoms with van der Waals surface area (Å²) in [6.45, 7) is 0.143. The zero-order chi connectivity index (χ0) is 18.6. The molecule has 7 nitrogen and oxygen atoms in total. The second-order valence-electron chi connectivity index (χ2n) is 5.04. The average Bonchev–Trinajstić information content (AvgIpc) is 2.55. The average molecular weight is 359 g/mol. The number of alkyl halides is 3. The minimum Gasteiger partial charge on any atom is -0.493 e. The van der Waals surface area contributed by atoms with Crippen molar-refractivity contribution < 1.29 is 32.5 Å². The number of carboxylic acid groups (broad SMARTS) is 1. The molecule has 0 radical (unpaired) electrons. The number of fused-ring (bicyclic) bond motifs is 1. The lowest BCUT2D eigenvalue weighted by Gasteiger charge is -2.14. The second kappa shape index (κ2) is 7.41. The lowest BCUT2D eigenvalue weighted by Crippen LogP contribution is -2.14. The van der Waals surface area contributed by atoms with Crippen molar-refractivity contribution in [3.8, 4) is 11.5 Å². The van der Waals surface area contributed by atoms with Gasteiger partial charge in [0.05, 0.1) is 19.7 Å². The van der Waals surface area contributed by atoms with Crippen molar-refractivity contribution in [1.29, 1.82) is 0 Å². The molecule has 1 heterocycles. The first-order valence-corrected chi connectivity index (χ1v) is 7.23. The molecule has 2 aromatic rings. The van der Waals surface area contributed by atoms with Crippen LogP contribution >= 0.6 is 0 Å². The maximum absolute atomic E-state index is 13.0. The summed E-state index contributed by atoms with van der Waals surface area (Å²) in [5.74, 6) is -1.79. The molecule has 1 aromatic heterocycles. The fourth-order valence-electron chi connectivity index (χ4n) is 2.16. The Morgan fingerprint density at radius 2 is 1.84 bits per heavy atom. The molecular weight excluding hydrogens is 343 g/mol. The largest absolute Gasteiger partial charge is 0.493 e. The number of carbonyl (C=O) groups is 1. The van der Waals surface area contributed by atoms with E-state index in [1.165, 1.54) is 26.4 Å². The minimum absolute atomic E-state index is 0.0284. The first-order chi connectivity index (χ1) is 11.8. The molecule has 0 fully saturated rings. The van der Waals surface area contributed by atoms with Crippen LogP contribution in [-0.4, -0.2) is 41.8 Å². The van der Waals surface area contributed by atoms with Gasteiger partial charge in [-0.2, -0.15) is 13.2 Å². The van der Waals surface area contributed by atoms with E-state index in [0.29, 0.717) is 11.1 Å². The van der Waals surface area contributed by atoms with Gasteiger partial charge in [-0.15, -0.1) is 0 Å². The molecule has 0 atom stereocenters. The van der Waals surface area contributed by atoms with Gasteiger partial charge in [0.25, 0.3) is 0 Å². The summed E-state index contributed by atoms with van der Waals surface area (Å²) in [5, 5.41) is 11.7. The molecule has 136 valence electrons. The molecule has 0 spiro atoms. The second-order valence-corrected chi connectivity index (χ2v) is 5.04. The molecule has 0 saturated carbocycles. The van der Waals surface area contributed by atoms with Crippen molar-refractivity contribution in [2.45, 2.75) is 19.0 Å². The van der Waals surface area contributed by atoms with E-state index in [2.05, 4.69) is 15.3 Å². The molecule has 0 unspecified atom stereocenters.